The van der Waals surface area contributed by atoms with Gasteiger partial charge in [0.1, 0.15) is 5.75 Å². The van der Waals surface area contributed by atoms with Gasteiger partial charge < -0.3 is 4.74 Å². The molecule has 4 aliphatic carbocycles. The third kappa shape index (κ3) is 2.92. The van der Waals surface area contributed by atoms with Crippen LogP contribution >= 0.6 is 15.9 Å². The van der Waals surface area contributed by atoms with E-state index < -0.39 is 0 Å². The minimum Gasteiger partial charge on any atom is -0.485 e. The van der Waals surface area contributed by atoms with E-state index in [1.807, 2.05) is 12.1 Å². The summed E-state index contributed by atoms with van der Waals surface area (Å²) in [6.07, 6.45) is 5.50. The summed E-state index contributed by atoms with van der Waals surface area (Å²) >= 11 is 3.35. The number of carbonyl (C=O) groups is 3. The Kier molecular flexibility index (Phi) is 4.22. The van der Waals surface area contributed by atoms with Gasteiger partial charge in [0.15, 0.2) is 12.4 Å². The van der Waals surface area contributed by atoms with Gasteiger partial charge in [-0.1, -0.05) is 40.2 Å². The van der Waals surface area contributed by atoms with Crippen LogP contribution in [-0.4, -0.2) is 24.2 Å². The number of benzene rings is 2. The lowest BCUT2D eigenvalue weighted by Crippen LogP contribution is -2.40. The molecule has 7 rings (SSSR count). The van der Waals surface area contributed by atoms with Gasteiger partial charge >= 0.3 is 0 Å². The van der Waals surface area contributed by atoms with E-state index in [0.29, 0.717) is 28.8 Å². The highest BCUT2D eigenvalue weighted by Crippen LogP contribution is 2.65. The summed E-state index contributed by atoms with van der Waals surface area (Å²) in [5.74, 6) is 1.47. The maximum Gasteiger partial charge on any atom is 0.238 e. The highest BCUT2D eigenvalue weighted by Gasteiger charge is 2.67. The van der Waals surface area contributed by atoms with E-state index in [2.05, 4.69) is 28.1 Å². The van der Waals surface area contributed by atoms with Crippen molar-refractivity contribution in [3.63, 3.8) is 0 Å². The van der Waals surface area contributed by atoms with Crippen molar-refractivity contribution in [3.05, 3.63) is 70.7 Å². The molecule has 6 heteroatoms. The van der Waals surface area contributed by atoms with Crippen molar-refractivity contribution in [2.45, 2.75) is 6.42 Å². The van der Waals surface area contributed by atoms with Gasteiger partial charge in [-0.3, -0.25) is 19.3 Å². The van der Waals surface area contributed by atoms with Crippen molar-refractivity contribution < 1.29 is 19.1 Å². The van der Waals surface area contributed by atoms with E-state index in [1.54, 1.807) is 36.4 Å². The number of carbonyl (C=O) groups excluding carboxylic acids is 3. The summed E-state index contributed by atoms with van der Waals surface area (Å²) in [7, 11) is 0. The predicted molar refractivity (Wildman–Crippen MR) is 118 cm³/mol. The lowest BCUT2D eigenvalue weighted by Gasteiger charge is -2.37. The topological polar surface area (TPSA) is 63.7 Å². The number of imide groups is 1. The molecule has 2 saturated carbocycles. The average Bonchev–Trinajstić information content (AvgIpc) is 3.56. The van der Waals surface area contributed by atoms with Gasteiger partial charge in [-0.2, -0.15) is 0 Å². The number of hydrogen-bond acceptors (Lipinski definition) is 4. The molecular weight excluding hydrogens is 458 g/mol. The van der Waals surface area contributed by atoms with E-state index in [1.165, 1.54) is 4.90 Å². The molecule has 2 amide bonds. The van der Waals surface area contributed by atoms with E-state index >= 15 is 0 Å². The summed E-state index contributed by atoms with van der Waals surface area (Å²) < 4.78 is 6.53. The van der Waals surface area contributed by atoms with Gasteiger partial charge in [-0.05, 0) is 66.5 Å². The molecule has 2 aromatic carbocycles. The third-order valence-electron chi connectivity index (χ3n) is 7.29. The molecule has 2 aromatic rings. The quantitative estimate of drug-likeness (QED) is 0.366. The molecule has 5 aliphatic rings. The van der Waals surface area contributed by atoms with Crippen molar-refractivity contribution in [1.82, 2.24) is 0 Å². The van der Waals surface area contributed by atoms with E-state index in [0.717, 1.165) is 10.9 Å². The van der Waals surface area contributed by atoms with Crippen molar-refractivity contribution in [2.24, 2.45) is 35.5 Å². The molecule has 31 heavy (non-hydrogen) atoms. The number of rotatable bonds is 5. The molecule has 2 bridgehead atoms. The maximum atomic E-state index is 13.2. The first-order valence-electron chi connectivity index (χ1n) is 10.6. The van der Waals surface area contributed by atoms with Crippen LogP contribution in [0.15, 0.2) is 65.2 Å². The molecule has 0 N–H and O–H groups in total. The Morgan fingerprint density at radius 3 is 2.06 bits per heavy atom. The van der Waals surface area contributed by atoms with Crippen molar-refractivity contribution >= 4 is 39.2 Å². The number of ketones is 1. The van der Waals surface area contributed by atoms with Gasteiger partial charge in [0, 0.05) is 10.0 Å². The number of amides is 2. The zero-order valence-electron chi connectivity index (χ0n) is 16.6. The van der Waals surface area contributed by atoms with E-state index in [-0.39, 0.29) is 47.9 Å². The normalized spacial score (nSPS) is 32.1. The van der Waals surface area contributed by atoms with Gasteiger partial charge in [0.25, 0.3) is 0 Å². The summed E-state index contributed by atoms with van der Waals surface area (Å²) in [5.41, 5.74) is 1.15. The smallest absolute Gasteiger partial charge is 0.238 e. The number of halogens is 1. The molecule has 156 valence electrons. The Morgan fingerprint density at radius 1 is 0.903 bits per heavy atom. The number of nitrogens with zero attached hydrogens (tertiary/aromatic N) is 1. The fraction of sp³-hybridized carbons (Fsp3) is 0.320. The van der Waals surface area contributed by atoms with Gasteiger partial charge in [-0.25, -0.2) is 0 Å². The second-order valence-corrected chi connectivity index (χ2v) is 9.79. The number of hydrogen-bond donors (Lipinski definition) is 0. The minimum atomic E-state index is -0.203. The molecule has 3 fully saturated rings. The lowest BCUT2D eigenvalue weighted by molar-refractivity contribution is -0.124. The van der Waals surface area contributed by atoms with Crippen LogP contribution in [0.4, 0.5) is 5.69 Å². The molecule has 1 saturated heterocycles. The Morgan fingerprint density at radius 2 is 1.48 bits per heavy atom. The SMILES string of the molecule is O=C(COc1ccc(N2C(=O)[C@@H]3[C@H]4C=C[C@@H]([C@@H]5C[C@@H]45)[C@H]3C2=O)cc1)c1ccc(Br)cc1. The number of ether oxygens (including phenoxy) is 1. The number of allylic oxidation sites excluding steroid dienone is 2. The van der Waals surface area contributed by atoms with Gasteiger partial charge in [-0.15, -0.1) is 0 Å². The Bertz CT molecular complexity index is 1090. The van der Waals surface area contributed by atoms with Gasteiger partial charge in [0.2, 0.25) is 11.8 Å². The molecular formula is C25H20BrNO4. The highest BCUT2D eigenvalue weighted by molar-refractivity contribution is 9.10. The van der Waals surface area contributed by atoms with E-state index in [4.69, 9.17) is 4.74 Å². The molecule has 6 atom stereocenters. The standard InChI is InChI=1S/C25H20BrNO4/c26-14-3-1-13(2-4-14)21(28)12-31-16-7-5-15(6-8-16)27-24(29)22-17-9-10-18(20-11-19(17)20)23(22)25(27)30/h1-10,17-20,22-23H,11-12H2/t17-,18-,19-,20-,22+,23+/m0/s1. The lowest BCUT2D eigenvalue weighted by atomic mass is 9.63. The van der Waals surface area contributed by atoms with Crippen LogP contribution in [-0.2, 0) is 9.59 Å². The highest BCUT2D eigenvalue weighted by atomic mass is 79.9. The molecule has 0 spiro atoms. The fourth-order valence-electron chi connectivity index (χ4n) is 5.77. The number of Topliss-reactive ketones (excluding diaryl/α,β-unsaturated/α-hetero) is 1. The zero-order valence-corrected chi connectivity index (χ0v) is 18.2. The molecule has 0 radical (unpaired) electrons. The van der Waals surface area contributed by atoms with Crippen molar-refractivity contribution in [2.75, 3.05) is 11.5 Å². The summed E-state index contributed by atoms with van der Waals surface area (Å²) in [6, 6.07) is 14.0. The van der Waals surface area contributed by atoms with Crippen molar-refractivity contribution in [1.29, 1.82) is 0 Å². The Labute approximate surface area is 188 Å². The minimum absolute atomic E-state index is 0.0706. The summed E-state index contributed by atoms with van der Waals surface area (Å²) in [6.45, 7) is -0.0789. The molecule has 1 heterocycles. The first kappa shape index (κ1) is 19.0. The third-order valence-corrected chi connectivity index (χ3v) is 7.82. The zero-order chi connectivity index (χ0) is 21.3. The maximum absolute atomic E-state index is 13.2. The van der Waals surface area contributed by atoms with Crippen LogP contribution in [0.5, 0.6) is 5.75 Å². The van der Waals surface area contributed by atoms with Crippen LogP contribution in [0.25, 0.3) is 0 Å². The fourth-order valence-corrected chi connectivity index (χ4v) is 6.04. The predicted octanol–water partition coefficient (Wildman–Crippen LogP) is 4.27. The van der Waals surface area contributed by atoms with Crippen LogP contribution in [0.3, 0.4) is 0 Å². The van der Waals surface area contributed by atoms with E-state index in [9.17, 15) is 14.4 Å². The second kappa shape index (κ2) is 6.89. The summed E-state index contributed by atoms with van der Waals surface area (Å²) in [4.78, 5) is 40.0. The Balaban J connectivity index is 1.16. The van der Waals surface area contributed by atoms with Crippen LogP contribution in [0.2, 0.25) is 0 Å². The first-order chi connectivity index (χ1) is 15.0. The second-order valence-electron chi connectivity index (χ2n) is 8.88. The largest absolute Gasteiger partial charge is 0.485 e. The molecule has 0 unspecified atom stereocenters. The average molecular weight is 478 g/mol. The number of anilines is 1. The molecule has 1 aliphatic heterocycles. The molecule has 0 aromatic heterocycles. The van der Waals surface area contributed by atoms with Crippen LogP contribution < -0.4 is 9.64 Å². The monoisotopic (exact) mass is 477 g/mol. The Hall–Kier alpha value is -2.73. The van der Waals surface area contributed by atoms with Crippen LogP contribution in [0, 0.1) is 35.5 Å². The van der Waals surface area contributed by atoms with Crippen molar-refractivity contribution in [3.8, 4) is 5.75 Å². The molecule has 5 nitrogen and oxygen atoms in total. The van der Waals surface area contributed by atoms with Gasteiger partial charge in [0.05, 0.1) is 17.5 Å². The van der Waals surface area contributed by atoms with Crippen LogP contribution in [0.1, 0.15) is 16.8 Å². The first-order valence-corrected chi connectivity index (χ1v) is 11.4. The summed E-state index contributed by atoms with van der Waals surface area (Å²) in [5, 5.41) is 0.